The third-order valence-corrected chi connectivity index (χ3v) is 6.82. The molecule has 0 N–H and O–H groups in total. The molecule has 2 heterocycles. The van der Waals surface area contributed by atoms with Crippen molar-refractivity contribution in [3.63, 3.8) is 0 Å². The third kappa shape index (κ3) is 4.48. The first-order valence-electron chi connectivity index (χ1n) is 11.1. The SMILES string of the molecule is CCN(C(=O)Oc1ccc([N+](=O)[O-])cc1)C(=O)[C@@H]1C[C@@H]2CC3(CC[C@H]2N(C)C1)OCCO3. The van der Waals surface area contributed by atoms with Crippen molar-refractivity contribution in [2.45, 2.75) is 44.4 Å². The summed E-state index contributed by atoms with van der Waals surface area (Å²) in [4.78, 5) is 39.6. The predicted molar refractivity (Wildman–Crippen MR) is 113 cm³/mol. The number of rotatable bonds is 4. The van der Waals surface area contributed by atoms with Crippen LogP contribution in [0.1, 0.15) is 32.6 Å². The lowest BCUT2D eigenvalue weighted by molar-refractivity contribution is -0.384. The smallest absolute Gasteiger partial charge is 0.410 e. The normalized spacial score (nSPS) is 27.0. The summed E-state index contributed by atoms with van der Waals surface area (Å²) < 4.78 is 17.1. The fourth-order valence-corrected chi connectivity index (χ4v) is 5.31. The van der Waals surface area contributed by atoms with Gasteiger partial charge in [0.15, 0.2) is 5.79 Å². The highest BCUT2D eigenvalue weighted by Crippen LogP contribution is 2.45. The van der Waals surface area contributed by atoms with E-state index in [1.165, 1.54) is 24.3 Å². The van der Waals surface area contributed by atoms with Crippen molar-refractivity contribution in [2.75, 3.05) is 33.4 Å². The number of piperidine rings is 1. The Balaban J connectivity index is 1.42. The molecule has 1 spiro atoms. The first kappa shape index (κ1) is 22.6. The molecule has 1 aliphatic carbocycles. The van der Waals surface area contributed by atoms with Crippen molar-refractivity contribution in [1.29, 1.82) is 0 Å². The zero-order valence-electron chi connectivity index (χ0n) is 18.4. The molecular weight excluding hydrogens is 418 g/mol. The monoisotopic (exact) mass is 447 g/mol. The molecule has 10 nitrogen and oxygen atoms in total. The maximum Gasteiger partial charge on any atom is 0.421 e. The Morgan fingerprint density at radius 3 is 2.59 bits per heavy atom. The van der Waals surface area contributed by atoms with Crippen LogP contribution < -0.4 is 4.74 Å². The van der Waals surface area contributed by atoms with Crippen LogP contribution in [0.4, 0.5) is 10.5 Å². The lowest BCUT2D eigenvalue weighted by Gasteiger charge is -2.49. The number of non-ortho nitro benzene ring substituents is 1. The zero-order valence-corrected chi connectivity index (χ0v) is 18.4. The van der Waals surface area contributed by atoms with E-state index in [9.17, 15) is 19.7 Å². The number of hydrogen-bond acceptors (Lipinski definition) is 8. The number of amides is 2. The van der Waals surface area contributed by atoms with Crippen molar-refractivity contribution in [3.8, 4) is 5.75 Å². The number of hydrogen-bond donors (Lipinski definition) is 0. The van der Waals surface area contributed by atoms with E-state index in [4.69, 9.17) is 14.2 Å². The van der Waals surface area contributed by atoms with Gasteiger partial charge < -0.3 is 19.1 Å². The molecule has 1 aromatic carbocycles. The lowest BCUT2D eigenvalue weighted by atomic mass is 9.72. The van der Waals surface area contributed by atoms with Crippen LogP contribution in [-0.4, -0.2) is 71.9 Å². The summed E-state index contributed by atoms with van der Waals surface area (Å²) in [6.07, 6.45) is 2.47. The van der Waals surface area contributed by atoms with Gasteiger partial charge in [0.05, 0.1) is 24.1 Å². The van der Waals surface area contributed by atoms with Crippen molar-refractivity contribution in [2.24, 2.45) is 11.8 Å². The van der Waals surface area contributed by atoms with Crippen LogP contribution in [-0.2, 0) is 14.3 Å². The summed E-state index contributed by atoms with van der Waals surface area (Å²) in [5.41, 5.74) is -0.103. The summed E-state index contributed by atoms with van der Waals surface area (Å²) in [5.74, 6) is -0.720. The molecule has 3 fully saturated rings. The summed E-state index contributed by atoms with van der Waals surface area (Å²) >= 11 is 0. The van der Waals surface area contributed by atoms with Gasteiger partial charge in [0.2, 0.25) is 5.91 Å². The number of carbonyl (C=O) groups excluding carboxylic acids is 2. The molecule has 0 bridgehead atoms. The van der Waals surface area contributed by atoms with Crippen LogP contribution in [0, 0.1) is 22.0 Å². The van der Waals surface area contributed by atoms with Gasteiger partial charge in [-0.05, 0) is 44.9 Å². The maximum absolute atomic E-state index is 13.3. The van der Waals surface area contributed by atoms with Crippen LogP contribution in [0.5, 0.6) is 5.75 Å². The molecule has 0 aromatic heterocycles. The molecule has 4 rings (SSSR count). The van der Waals surface area contributed by atoms with Gasteiger partial charge in [-0.1, -0.05) is 0 Å². The number of carbonyl (C=O) groups is 2. The number of fused-ring (bicyclic) bond motifs is 1. The summed E-state index contributed by atoms with van der Waals surface area (Å²) in [6, 6.07) is 5.57. The molecule has 1 aromatic rings. The number of nitro groups is 1. The number of ether oxygens (including phenoxy) is 3. The van der Waals surface area contributed by atoms with Gasteiger partial charge in [0.25, 0.3) is 5.69 Å². The fraction of sp³-hybridized carbons (Fsp3) is 0.636. The Morgan fingerprint density at radius 1 is 1.28 bits per heavy atom. The van der Waals surface area contributed by atoms with Crippen LogP contribution in [0.15, 0.2) is 24.3 Å². The van der Waals surface area contributed by atoms with E-state index in [1.807, 2.05) is 7.05 Å². The molecule has 32 heavy (non-hydrogen) atoms. The number of nitrogens with zero attached hydrogens (tertiary/aromatic N) is 3. The van der Waals surface area contributed by atoms with Gasteiger partial charge in [-0.25, -0.2) is 9.69 Å². The Bertz CT molecular complexity index is 869. The average Bonchev–Trinajstić information content (AvgIpc) is 3.21. The van der Waals surface area contributed by atoms with E-state index in [2.05, 4.69) is 4.90 Å². The Morgan fingerprint density at radius 2 is 1.97 bits per heavy atom. The van der Waals surface area contributed by atoms with Crippen LogP contribution >= 0.6 is 0 Å². The van der Waals surface area contributed by atoms with E-state index in [-0.39, 0.29) is 35.7 Å². The molecule has 10 heteroatoms. The molecule has 174 valence electrons. The van der Waals surface area contributed by atoms with E-state index < -0.39 is 16.8 Å². The van der Waals surface area contributed by atoms with Gasteiger partial charge in [-0.2, -0.15) is 0 Å². The summed E-state index contributed by atoms with van der Waals surface area (Å²) in [5, 5.41) is 10.8. The Labute approximate surface area is 186 Å². The minimum Gasteiger partial charge on any atom is -0.410 e. The van der Waals surface area contributed by atoms with Crippen LogP contribution in [0.2, 0.25) is 0 Å². The van der Waals surface area contributed by atoms with Gasteiger partial charge in [-0.3, -0.25) is 14.9 Å². The first-order chi connectivity index (χ1) is 15.3. The van der Waals surface area contributed by atoms with Gasteiger partial charge >= 0.3 is 6.09 Å². The quantitative estimate of drug-likeness (QED) is 0.512. The second-order valence-corrected chi connectivity index (χ2v) is 8.75. The number of imide groups is 1. The van der Waals surface area contributed by atoms with Gasteiger partial charge in [-0.15, -0.1) is 0 Å². The Hall–Kier alpha value is -2.56. The standard InChI is InChI=1S/C22H29N3O7/c1-3-24(21(27)32-18-6-4-17(5-7-18)25(28)29)20(26)16-12-15-13-22(30-10-11-31-22)9-8-19(15)23(2)14-16/h4-7,15-16,19H,3,8-14H2,1-2H3/t15-,16-,19-/m1/s1. The minimum atomic E-state index is -0.779. The zero-order chi connectivity index (χ0) is 22.9. The molecule has 3 atom stereocenters. The first-order valence-corrected chi connectivity index (χ1v) is 11.1. The molecule has 0 radical (unpaired) electrons. The Kier molecular flexibility index (Phi) is 6.45. The van der Waals surface area contributed by atoms with Crippen molar-refractivity contribution in [1.82, 2.24) is 9.80 Å². The second kappa shape index (κ2) is 9.13. The van der Waals surface area contributed by atoms with Crippen molar-refractivity contribution < 1.29 is 28.7 Å². The highest BCUT2D eigenvalue weighted by atomic mass is 16.7. The van der Waals surface area contributed by atoms with Crippen LogP contribution in [0.3, 0.4) is 0 Å². The minimum absolute atomic E-state index is 0.103. The molecular formula is C22H29N3O7. The molecule has 2 aliphatic heterocycles. The number of nitro benzene ring substituents is 1. The van der Waals surface area contributed by atoms with Crippen molar-refractivity contribution >= 4 is 17.7 Å². The largest absolute Gasteiger partial charge is 0.421 e. The lowest BCUT2D eigenvalue weighted by Crippen LogP contribution is -2.56. The molecule has 2 saturated heterocycles. The topological polar surface area (TPSA) is 111 Å². The maximum atomic E-state index is 13.3. The van der Waals surface area contributed by atoms with Crippen LogP contribution in [0.25, 0.3) is 0 Å². The molecule has 1 saturated carbocycles. The third-order valence-electron chi connectivity index (χ3n) is 6.82. The van der Waals surface area contributed by atoms with E-state index in [1.54, 1.807) is 6.92 Å². The van der Waals surface area contributed by atoms with Crippen molar-refractivity contribution in [3.05, 3.63) is 34.4 Å². The summed E-state index contributed by atoms with van der Waals surface area (Å²) in [7, 11) is 2.02. The second-order valence-electron chi connectivity index (χ2n) is 8.75. The predicted octanol–water partition coefficient (Wildman–Crippen LogP) is 2.81. The van der Waals surface area contributed by atoms with Gasteiger partial charge in [0, 0.05) is 44.1 Å². The molecule has 0 unspecified atom stereocenters. The molecule has 3 aliphatic rings. The molecule has 2 amide bonds. The highest BCUT2D eigenvalue weighted by Gasteiger charge is 2.49. The summed E-state index contributed by atoms with van der Waals surface area (Å²) in [6.45, 7) is 3.69. The number of likely N-dealkylation sites (tertiary alicyclic amines) is 1. The highest BCUT2D eigenvalue weighted by molar-refractivity contribution is 5.94. The van der Waals surface area contributed by atoms with E-state index >= 15 is 0 Å². The number of benzene rings is 1. The van der Waals surface area contributed by atoms with E-state index in [0.717, 1.165) is 24.2 Å². The average molecular weight is 447 g/mol. The van der Waals surface area contributed by atoms with E-state index in [0.29, 0.717) is 32.2 Å². The fourth-order valence-electron chi connectivity index (χ4n) is 5.31. The van der Waals surface area contributed by atoms with Gasteiger partial charge in [0.1, 0.15) is 5.75 Å².